The van der Waals surface area contributed by atoms with E-state index in [2.05, 4.69) is 15.1 Å². The largest absolute Gasteiger partial charge is 0.508 e. The highest BCUT2D eigenvalue weighted by molar-refractivity contribution is 5.95. The summed E-state index contributed by atoms with van der Waals surface area (Å²) in [5, 5.41) is 12.4. The molecule has 1 atom stereocenters. The van der Waals surface area contributed by atoms with E-state index in [0.29, 0.717) is 18.0 Å². The van der Waals surface area contributed by atoms with E-state index in [9.17, 15) is 9.90 Å². The molecule has 1 saturated heterocycles. The second-order valence-corrected chi connectivity index (χ2v) is 6.63. The molecule has 6 heteroatoms. The molecular weight excluding hydrogens is 342 g/mol. The van der Waals surface area contributed by atoms with Gasteiger partial charge in [-0.3, -0.25) is 9.69 Å². The van der Waals surface area contributed by atoms with E-state index < -0.39 is 0 Å². The molecule has 1 fully saturated rings. The number of rotatable bonds is 6. The van der Waals surface area contributed by atoms with Gasteiger partial charge in [0.25, 0.3) is 0 Å². The van der Waals surface area contributed by atoms with Gasteiger partial charge in [0, 0.05) is 31.9 Å². The molecule has 144 valence electrons. The number of phenolic OH excluding ortho intramolecular Hbond substituents is 1. The quantitative estimate of drug-likeness (QED) is 0.820. The molecule has 2 aromatic rings. The third-order valence-electron chi connectivity index (χ3n) is 4.90. The first-order valence-corrected chi connectivity index (χ1v) is 9.39. The van der Waals surface area contributed by atoms with Crippen molar-refractivity contribution < 1.29 is 14.6 Å². The highest BCUT2D eigenvalue weighted by Crippen LogP contribution is 2.25. The minimum Gasteiger partial charge on any atom is -0.508 e. The first-order valence-electron chi connectivity index (χ1n) is 9.39. The lowest BCUT2D eigenvalue weighted by molar-refractivity contribution is -0.120. The Balaban J connectivity index is 1.56. The SMILES string of the molecule is CCOc1ccccc1NC(=O)[C@@H](C)N1CCN(c2ccc(O)cc2)CC1. The maximum atomic E-state index is 12.7. The van der Waals surface area contributed by atoms with E-state index in [-0.39, 0.29) is 17.7 Å². The Labute approximate surface area is 160 Å². The number of para-hydroxylation sites is 2. The number of amides is 1. The molecule has 1 aliphatic rings. The number of nitrogens with one attached hydrogen (secondary N) is 1. The van der Waals surface area contributed by atoms with Crippen LogP contribution in [0.25, 0.3) is 0 Å². The fraction of sp³-hybridized carbons (Fsp3) is 0.381. The van der Waals surface area contributed by atoms with Crippen molar-refractivity contribution in [3.05, 3.63) is 48.5 Å². The van der Waals surface area contributed by atoms with E-state index in [1.54, 1.807) is 12.1 Å². The smallest absolute Gasteiger partial charge is 0.241 e. The molecule has 1 aliphatic heterocycles. The van der Waals surface area contributed by atoms with Crippen molar-refractivity contribution in [1.29, 1.82) is 0 Å². The molecule has 0 bridgehead atoms. The van der Waals surface area contributed by atoms with Crippen molar-refractivity contribution >= 4 is 17.3 Å². The molecule has 0 aliphatic carbocycles. The summed E-state index contributed by atoms with van der Waals surface area (Å²) in [5.74, 6) is 0.938. The summed E-state index contributed by atoms with van der Waals surface area (Å²) < 4.78 is 5.58. The lowest BCUT2D eigenvalue weighted by atomic mass is 10.2. The van der Waals surface area contributed by atoms with Gasteiger partial charge < -0.3 is 20.1 Å². The van der Waals surface area contributed by atoms with E-state index in [4.69, 9.17) is 4.74 Å². The topological polar surface area (TPSA) is 65.0 Å². The first kappa shape index (κ1) is 19.0. The maximum absolute atomic E-state index is 12.7. The molecule has 0 aromatic heterocycles. The summed E-state index contributed by atoms with van der Waals surface area (Å²) >= 11 is 0. The van der Waals surface area contributed by atoms with Crippen LogP contribution >= 0.6 is 0 Å². The monoisotopic (exact) mass is 369 g/mol. The number of anilines is 2. The predicted octanol–water partition coefficient (Wildman–Crippen LogP) is 2.94. The second-order valence-electron chi connectivity index (χ2n) is 6.63. The highest BCUT2D eigenvalue weighted by atomic mass is 16.5. The van der Waals surface area contributed by atoms with Gasteiger partial charge in [0.2, 0.25) is 5.91 Å². The van der Waals surface area contributed by atoms with Crippen LogP contribution in [0.3, 0.4) is 0 Å². The van der Waals surface area contributed by atoms with E-state index in [0.717, 1.165) is 31.9 Å². The summed E-state index contributed by atoms with van der Waals surface area (Å²) in [7, 11) is 0. The maximum Gasteiger partial charge on any atom is 0.241 e. The normalized spacial score (nSPS) is 16.0. The first-order chi connectivity index (χ1) is 13.1. The molecule has 6 nitrogen and oxygen atoms in total. The number of hydrogen-bond donors (Lipinski definition) is 2. The average Bonchev–Trinajstić information content (AvgIpc) is 2.70. The summed E-state index contributed by atoms with van der Waals surface area (Å²) in [6, 6.07) is 14.5. The van der Waals surface area contributed by atoms with Crippen LogP contribution in [0, 0.1) is 0 Å². The number of phenols is 1. The van der Waals surface area contributed by atoms with Crippen LogP contribution < -0.4 is 15.0 Å². The van der Waals surface area contributed by atoms with Gasteiger partial charge in [0.05, 0.1) is 18.3 Å². The van der Waals surface area contributed by atoms with Gasteiger partial charge in [-0.1, -0.05) is 12.1 Å². The molecule has 2 aromatic carbocycles. The van der Waals surface area contributed by atoms with Gasteiger partial charge in [-0.05, 0) is 50.2 Å². The number of aromatic hydroxyl groups is 1. The Morgan fingerprint density at radius 2 is 1.78 bits per heavy atom. The number of benzene rings is 2. The van der Waals surface area contributed by atoms with Crippen LogP contribution in [0.4, 0.5) is 11.4 Å². The van der Waals surface area contributed by atoms with Gasteiger partial charge in [-0.2, -0.15) is 0 Å². The summed E-state index contributed by atoms with van der Waals surface area (Å²) in [4.78, 5) is 17.2. The number of carbonyl (C=O) groups is 1. The minimum atomic E-state index is -0.221. The molecule has 2 N–H and O–H groups in total. The highest BCUT2D eigenvalue weighted by Gasteiger charge is 2.26. The Kier molecular flexibility index (Phi) is 6.19. The van der Waals surface area contributed by atoms with Gasteiger partial charge in [0.15, 0.2) is 0 Å². The summed E-state index contributed by atoms with van der Waals surface area (Å²) in [6.45, 7) is 7.73. The number of carbonyl (C=O) groups excluding carboxylic acids is 1. The van der Waals surface area contributed by atoms with Crippen LogP contribution in [-0.2, 0) is 4.79 Å². The van der Waals surface area contributed by atoms with Crippen molar-refractivity contribution in [1.82, 2.24) is 4.90 Å². The fourth-order valence-electron chi connectivity index (χ4n) is 3.29. The Hall–Kier alpha value is -2.73. The molecule has 3 rings (SSSR count). The van der Waals surface area contributed by atoms with Gasteiger partial charge in [-0.15, -0.1) is 0 Å². The van der Waals surface area contributed by atoms with Crippen molar-refractivity contribution in [3.8, 4) is 11.5 Å². The third-order valence-corrected chi connectivity index (χ3v) is 4.90. The van der Waals surface area contributed by atoms with E-state index >= 15 is 0 Å². The number of hydrogen-bond acceptors (Lipinski definition) is 5. The van der Waals surface area contributed by atoms with Crippen molar-refractivity contribution in [2.45, 2.75) is 19.9 Å². The number of ether oxygens (including phenoxy) is 1. The molecule has 0 saturated carbocycles. The lowest BCUT2D eigenvalue weighted by Crippen LogP contribution is -2.52. The molecule has 0 radical (unpaired) electrons. The van der Waals surface area contributed by atoms with Crippen molar-refractivity contribution in [3.63, 3.8) is 0 Å². The van der Waals surface area contributed by atoms with Crippen molar-refractivity contribution in [2.24, 2.45) is 0 Å². The predicted molar refractivity (Wildman–Crippen MR) is 108 cm³/mol. The zero-order valence-corrected chi connectivity index (χ0v) is 15.9. The Bertz CT molecular complexity index is 756. The van der Waals surface area contributed by atoms with Crippen molar-refractivity contribution in [2.75, 3.05) is 43.0 Å². The van der Waals surface area contributed by atoms with Gasteiger partial charge in [-0.25, -0.2) is 0 Å². The molecular formula is C21H27N3O3. The fourth-order valence-corrected chi connectivity index (χ4v) is 3.29. The standard InChI is InChI=1S/C21H27N3O3/c1-3-27-20-7-5-4-6-19(20)22-21(26)16(2)23-12-14-24(15-13-23)17-8-10-18(25)11-9-17/h4-11,16,25H,3,12-15H2,1-2H3,(H,22,26)/t16-/m1/s1. The van der Waals surface area contributed by atoms with Crippen LogP contribution in [0.5, 0.6) is 11.5 Å². The molecule has 1 heterocycles. The molecule has 0 spiro atoms. The lowest BCUT2D eigenvalue weighted by Gasteiger charge is -2.38. The number of piperazine rings is 1. The summed E-state index contributed by atoms with van der Waals surface area (Å²) in [6.07, 6.45) is 0. The second kappa shape index (κ2) is 8.77. The van der Waals surface area contributed by atoms with Crippen LogP contribution in [0.1, 0.15) is 13.8 Å². The Morgan fingerprint density at radius 3 is 2.44 bits per heavy atom. The minimum absolute atomic E-state index is 0.0276. The van der Waals surface area contributed by atoms with E-state index in [1.165, 1.54) is 0 Å². The van der Waals surface area contributed by atoms with Gasteiger partial charge >= 0.3 is 0 Å². The Morgan fingerprint density at radius 1 is 1.11 bits per heavy atom. The van der Waals surface area contributed by atoms with Crippen LogP contribution in [-0.4, -0.2) is 54.7 Å². The third kappa shape index (κ3) is 4.71. The zero-order valence-electron chi connectivity index (χ0n) is 15.9. The summed E-state index contributed by atoms with van der Waals surface area (Å²) in [5.41, 5.74) is 1.80. The molecule has 27 heavy (non-hydrogen) atoms. The van der Waals surface area contributed by atoms with E-state index in [1.807, 2.05) is 50.2 Å². The van der Waals surface area contributed by atoms with Gasteiger partial charge in [0.1, 0.15) is 11.5 Å². The van der Waals surface area contributed by atoms with Crippen LogP contribution in [0.15, 0.2) is 48.5 Å². The zero-order chi connectivity index (χ0) is 19.2. The average molecular weight is 369 g/mol. The number of nitrogens with zero attached hydrogens (tertiary/aromatic N) is 2. The van der Waals surface area contributed by atoms with Crippen LogP contribution in [0.2, 0.25) is 0 Å². The molecule has 0 unspecified atom stereocenters. The molecule has 1 amide bonds.